The number of ether oxygens (including phenoxy) is 1. The second-order valence-electron chi connectivity index (χ2n) is 6.83. The highest BCUT2D eigenvalue weighted by Gasteiger charge is 2.26. The van der Waals surface area contributed by atoms with E-state index >= 15 is 0 Å². The van der Waals surface area contributed by atoms with Crippen molar-refractivity contribution in [3.63, 3.8) is 0 Å². The number of likely N-dealkylation sites (tertiary alicyclic amines) is 1. The fraction of sp³-hybridized carbons (Fsp3) is 0.474. The van der Waals surface area contributed by atoms with Crippen molar-refractivity contribution >= 4 is 23.3 Å². The third-order valence-corrected chi connectivity index (χ3v) is 5.54. The summed E-state index contributed by atoms with van der Waals surface area (Å²) in [7, 11) is 0. The van der Waals surface area contributed by atoms with Gasteiger partial charge in [-0.05, 0) is 56.3 Å². The van der Waals surface area contributed by atoms with Gasteiger partial charge in [0.1, 0.15) is 10.6 Å². The fourth-order valence-electron chi connectivity index (χ4n) is 3.00. The van der Waals surface area contributed by atoms with E-state index in [1.165, 1.54) is 0 Å². The number of benzene rings is 1. The molecule has 1 fully saturated rings. The van der Waals surface area contributed by atoms with Gasteiger partial charge < -0.3 is 15.0 Å². The van der Waals surface area contributed by atoms with E-state index in [9.17, 15) is 9.59 Å². The molecule has 7 nitrogen and oxygen atoms in total. The van der Waals surface area contributed by atoms with Crippen LogP contribution in [0.15, 0.2) is 24.3 Å². The molecular weight excluding hydrogens is 364 g/mol. The van der Waals surface area contributed by atoms with E-state index in [-0.39, 0.29) is 18.4 Å². The summed E-state index contributed by atoms with van der Waals surface area (Å²) in [6.07, 6.45) is 1.74. The van der Waals surface area contributed by atoms with E-state index in [1.54, 1.807) is 6.92 Å². The number of aromatic nitrogens is 2. The highest BCUT2D eigenvalue weighted by atomic mass is 32.1. The Morgan fingerprint density at radius 2 is 1.93 bits per heavy atom. The largest absolute Gasteiger partial charge is 0.484 e. The SMILES string of the molecule is Cc1ccc(OCC(=O)NCC2CCN(C(=O)c3snnc3C)CC2)cc1. The Morgan fingerprint density at radius 1 is 1.22 bits per heavy atom. The van der Waals surface area contributed by atoms with E-state index in [2.05, 4.69) is 14.9 Å². The van der Waals surface area contributed by atoms with E-state index < -0.39 is 0 Å². The van der Waals surface area contributed by atoms with Gasteiger partial charge in [0.15, 0.2) is 6.61 Å². The molecule has 0 atom stereocenters. The van der Waals surface area contributed by atoms with Crippen LogP contribution >= 0.6 is 11.5 Å². The molecule has 1 aromatic heterocycles. The summed E-state index contributed by atoms with van der Waals surface area (Å²) in [4.78, 5) is 26.9. The summed E-state index contributed by atoms with van der Waals surface area (Å²) in [6, 6.07) is 7.61. The van der Waals surface area contributed by atoms with Gasteiger partial charge in [-0.15, -0.1) is 5.10 Å². The van der Waals surface area contributed by atoms with Crippen LogP contribution < -0.4 is 10.1 Å². The maximum Gasteiger partial charge on any atom is 0.267 e. The number of nitrogens with zero attached hydrogens (tertiary/aromatic N) is 3. The zero-order valence-corrected chi connectivity index (χ0v) is 16.4. The third-order valence-electron chi connectivity index (χ3n) is 4.73. The standard InChI is InChI=1S/C19H24N4O3S/c1-13-3-5-16(6-4-13)26-12-17(24)20-11-15-7-9-23(10-8-15)19(25)18-14(2)21-22-27-18/h3-6,15H,7-12H2,1-2H3,(H,20,24). The van der Waals surface area contributed by atoms with Crippen LogP contribution in [0.2, 0.25) is 0 Å². The zero-order valence-electron chi connectivity index (χ0n) is 15.6. The first kappa shape index (κ1) is 19.3. The minimum absolute atomic E-state index is 0.0106. The Hall–Kier alpha value is -2.48. The molecule has 2 heterocycles. The molecule has 0 radical (unpaired) electrons. The second-order valence-corrected chi connectivity index (χ2v) is 7.58. The maximum atomic E-state index is 12.5. The highest BCUT2D eigenvalue weighted by Crippen LogP contribution is 2.20. The molecule has 1 aliphatic rings. The number of hydrogen-bond donors (Lipinski definition) is 1. The molecular formula is C19H24N4O3S. The van der Waals surface area contributed by atoms with E-state index in [4.69, 9.17) is 4.74 Å². The minimum Gasteiger partial charge on any atom is -0.484 e. The minimum atomic E-state index is -0.125. The summed E-state index contributed by atoms with van der Waals surface area (Å²) in [5, 5.41) is 6.83. The molecule has 0 bridgehead atoms. The van der Waals surface area contributed by atoms with E-state index in [0.29, 0.717) is 41.9 Å². The first-order valence-corrected chi connectivity index (χ1v) is 9.84. The molecule has 0 spiro atoms. The lowest BCUT2D eigenvalue weighted by atomic mass is 9.96. The number of hydrogen-bond acceptors (Lipinski definition) is 6. The average Bonchev–Trinajstić information content (AvgIpc) is 3.11. The quantitative estimate of drug-likeness (QED) is 0.820. The number of carbonyl (C=O) groups excluding carboxylic acids is 2. The Morgan fingerprint density at radius 3 is 2.56 bits per heavy atom. The molecule has 0 saturated carbocycles. The van der Waals surface area contributed by atoms with Crippen LogP contribution in [-0.4, -0.2) is 52.5 Å². The van der Waals surface area contributed by atoms with Crippen LogP contribution in [0.1, 0.15) is 33.8 Å². The van der Waals surface area contributed by atoms with Gasteiger partial charge in [-0.2, -0.15) is 0 Å². The molecule has 1 aliphatic heterocycles. The van der Waals surface area contributed by atoms with Crippen molar-refractivity contribution in [2.45, 2.75) is 26.7 Å². The average molecular weight is 388 g/mol. The number of nitrogens with one attached hydrogen (secondary N) is 1. The number of piperidine rings is 1. The van der Waals surface area contributed by atoms with Crippen LogP contribution in [-0.2, 0) is 4.79 Å². The van der Waals surface area contributed by atoms with Crippen LogP contribution in [0.3, 0.4) is 0 Å². The molecule has 144 valence electrons. The van der Waals surface area contributed by atoms with Gasteiger partial charge in [0.2, 0.25) is 0 Å². The van der Waals surface area contributed by atoms with Gasteiger partial charge in [-0.3, -0.25) is 9.59 Å². The van der Waals surface area contributed by atoms with Gasteiger partial charge in [0, 0.05) is 19.6 Å². The topological polar surface area (TPSA) is 84.4 Å². The molecule has 1 aromatic carbocycles. The van der Waals surface area contributed by atoms with Crippen LogP contribution in [0.5, 0.6) is 5.75 Å². The molecule has 1 saturated heterocycles. The number of rotatable bonds is 6. The Bertz CT molecular complexity index is 783. The summed E-state index contributed by atoms with van der Waals surface area (Å²) >= 11 is 1.15. The van der Waals surface area contributed by atoms with Crippen molar-refractivity contribution in [3.8, 4) is 5.75 Å². The smallest absolute Gasteiger partial charge is 0.267 e. The van der Waals surface area contributed by atoms with E-state index in [1.807, 2.05) is 36.1 Å². The fourth-order valence-corrected chi connectivity index (χ4v) is 3.63. The van der Waals surface area contributed by atoms with Gasteiger partial charge in [0.25, 0.3) is 11.8 Å². The third kappa shape index (κ3) is 5.26. The van der Waals surface area contributed by atoms with Gasteiger partial charge >= 0.3 is 0 Å². The van der Waals surface area contributed by atoms with Crippen molar-refractivity contribution in [1.29, 1.82) is 0 Å². The lowest BCUT2D eigenvalue weighted by molar-refractivity contribution is -0.123. The molecule has 27 heavy (non-hydrogen) atoms. The van der Waals surface area contributed by atoms with Gasteiger partial charge in [-0.25, -0.2) is 0 Å². The lowest BCUT2D eigenvalue weighted by Crippen LogP contribution is -2.42. The van der Waals surface area contributed by atoms with Crippen molar-refractivity contribution in [2.24, 2.45) is 5.92 Å². The lowest BCUT2D eigenvalue weighted by Gasteiger charge is -2.31. The second kappa shape index (κ2) is 8.94. The first-order valence-electron chi connectivity index (χ1n) is 9.07. The number of aryl methyl sites for hydroxylation is 2. The van der Waals surface area contributed by atoms with Crippen molar-refractivity contribution in [2.75, 3.05) is 26.2 Å². The van der Waals surface area contributed by atoms with Crippen LogP contribution in [0, 0.1) is 19.8 Å². The first-order chi connectivity index (χ1) is 13.0. The van der Waals surface area contributed by atoms with Gasteiger partial charge in [-0.1, -0.05) is 22.2 Å². The highest BCUT2D eigenvalue weighted by molar-refractivity contribution is 7.07. The maximum absolute atomic E-state index is 12.5. The summed E-state index contributed by atoms with van der Waals surface area (Å²) in [5.74, 6) is 0.949. The normalized spacial score (nSPS) is 14.8. The molecule has 1 N–H and O–H groups in total. The predicted molar refractivity (Wildman–Crippen MR) is 103 cm³/mol. The number of amides is 2. The Kier molecular flexibility index (Phi) is 6.39. The van der Waals surface area contributed by atoms with Crippen LogP contribution in [0.25, 0.3) is 0 Å². The molecule has 2 amide bonds. The van der Waals surface area contributed by atoms with Crippen molar-refractivity contribution < 1.29 is 14.3 Å². The van der Waals surface area contributed by atoms with Crippen molar-refractivity contribution in [1.82, 2.24) is 19.8 Å². The number of carbonyl (C=O) groups is 2. The van der Waals surface area contributed by atoms with Gasteiger partial charge in [0.05, 0.1) is 5.69 Å². The Labute approximate surface area is 162 Å². The Balaban J connectivity index is 1.36. The summed E-state index contributed by atoms with van der Waals surface area (Å²) < 4.78 is 9.32. The summed E-state index contributed by atoms with van der Waals surface area (Å²) in [6.45, 7) is 5.81. The molecule has 8 heteroatoms. The molecule has 0 aliphatic carbocycles. The monoisotopic (exact) mass is 388 g/mol. The zero-order chi connectivity index (χ0) is 19.2. The predicted octanol–water partition coefficient (Wildman–Crippen LogP) is 2.20. The van der Waals surface area contributed by atoms with E-state index in [0.717, 1.165) is 29.9 Å². The molecule has 0 unspecified atom stereocenters. The molecule has 2 aromatic rings. The summed E-state index contributed by atoms with van der Waals surface area (Å²) in [5.41, 5.74) is 1.84. The van der Waals surface area contributed by atoms with Crippen LogP contribution in [0.4, 0.5) is 0 Å². The molecule has 3 rings (SSSR count). The van der Waals surface area contributed by atoms with Crippen molar-refractivity contribution in [3.05, 3.63) is 40.4 Å².